The topological polar surface area (TPSA) is 131 Å². The molecule has 47 heavy (non-hydrogen) atoms. The van der Waals surface area contributed by atoms with Gasteiger partial charge in [-0.05, 0) is 78.9 Å². The van der Waals surface area contributed by atoms with Crippen LogP contribution in [0.3, 0.4) is 0 Å². The number of benzene rings is 3. The number of nitrogens with one attached hydrogen (secondary N) is 3. The second-order valence-electron chi connectivity index (χ2n) is 12.3. The molecule has 0 unspecified atom stereocenters. The van der Waals surface area contributed by atoms with Gasteiger partial charge < -0.3 is 15.4 Å². The minimum Gasteiger partial charge on any atom is -0.477 e. The van der Waals surface area contributed by atoms with Gasteiger partial charge >= 0.3 is 0 Å². The van der Waals surface area contributed by atoms with Gasteiger partial charge in [-0.1, -0.05) is 62.0 Å². The van der Waals surface area contributed by atoms with Gasteiger partial charge in [-0.3, -0.25) is 14.4 Å². The van der Waals surface area contributed by atoms with Crippen LogP contribution in [-0.2, 0) is 29.8 Å². The van der Waals surface area contributed by atoms with Crippen LogP contribution in [0.1, 0.15) is 80.2 Å². The summed E-state index contributed by atoms with van der Waals surface area (Å²) in [6.45, 7) is 5.47. The highest BCUT2D eigenvalue weighted by molar-refractivity contribution is 7.89. The predicted molar refractivity (Wildman–Crippen MR) is 179 cm³/mol. The zero-order chi connectivity index (χ0) is 34.3. The van der Waals surface area contributed by atoms with Crippen molar-refractivity contribution in [1.29, 1.82) is 0 Å². The van der Waals surface area contributed by atoms with E-state index in [1.807, 2.05) is 13.8 Å². The summed E-state index contributed by atoms with van der Waals surface area (Å²) >= 11 is 12.9. The quantitative estimate of drug-likeness (QED) is 0.222. The Bertz CT molecular complexity index is 1860. The van der Waals surface area contributed by atoms with Gasteiger partial charge in [-0.2, -0.15) is 0 Å². The van der Waals surface area contributed by atoms with E-state index in [0.29, 0.717) is 45.8 Å². The minimum absolute atomic E-state index is 0.156. The fourth-order valence-corrected chi connectivity index (χ4v) is 7.98. The zero-order valence-electron chi connectivity index (χ0n) is 26.4. The molecule has 3 aromatic carbocycles. The van der Waals surface area contributed by atoms with Crippen molar-refractivity contribution in [2.45, 2.75) is 75.9 Å². The maximum atomic E-state index is 14.8. The largest absolute Gasteiger partial charge is 0.477 e. The number of rotatable bonds is 10. The normalized spacial score (nSPS) is 20.8. The van der Waals surface area contributed by atoms with Crippen molar-refractivity contribution in [2.75, 3.05) is 11.6 Å². The van der Waals surface area contributed by atoms with Crippen LogP contribution in [0, 0.1) is 12.7 Å². The Hall–Kier alpha value is -3.67. The number of carbonyl (C=O) groups is 3. The molecular formula is C34H36Cl2FN3O6S. The van der Waals surface area contributed by atoms with Gasteiger partial charge in [0.25, 0.3) is 5.91 Å². The number of fused-ring (bicyclic) bond motifs is 2. The molecule has 0 bridgehead atoms. The molecule has 0 aliphatic carbocycles. The Labute approximate surface area is 283 Å². The molecule has 1 spiro atoms. The first-order valence-electron chi connectivity index (χ1n) is 15.3. The van der Waals surface area contributed by atoms with Crippen molar-refractivity contribution in [3.05, 3.63) is 92.7 Å². The van der Waals surface area contributed by atoms with Crippen molar-refractivity contribution < 1.29 is 31.9 Å². The number of hydrogen-bond acceptors (Lipinski definition) is 6. The smallest absolute Gasteiger partial charge is 0.277 e. The summed E-state index contributed by atoms with van der Waals surface area (Å²) in [4.78, 5) is 41.8. The van der Waals surface area contributed by atoms with Gasteiger partial charge in [-0.25, -0.2) is 17.5 Å². The Morgan fingerprint density at radius 3 is 2.34 bits per heavy atom. The van der Waals surface area contributed by atoms with Crippen LogP contribution < -0.4 is 20.1 Å². The molecule has 0 saturated carbocycles. The molecule has 3 amide bonds. The lowest BCUT2D eigenvalue weighted by molar-refractivity contribution is -0.137. The fourth-order valence-electron chi connectivity index (χ4n) is 7.11. The summed E-state index contributed by atoms with van der Waals surface area (Å²) in [7, 11) is -3.94. The minimum atomic E-state index is -3.94. The molecule has 0 aromatic heterocycles. The van der Waals surface area contributed by atoms with Gasteiger partial charge in [0.05, 0.1) is 12.3 Å². The highest BCUT2D eigenvalue weighted by Crippen LogP contribution is 2.59. The summed E-state index contributed by atoms with van der Waals surface area (Å²) in [6.07, 6.45) is 2.01. The van der Waals surface area contributed by atoms with E-state index in [2.05, 4.69) is 15.4 Å². The first kappa shape index (κ1) is 34.7. The molecule has 13 heteroatoms. The first-order valence-corrected chi connectivity index (χ1v) is 18.0. The summed E-state index contributed by atoms with van der Waals surface area (Å²) in [6, 6.07) is 12.8. The molecule has 1 fully saturated rings. The fraction of sp³-hybridized carbons (Fsp3) is 0.382. The number of aryl methyl sites for hydroxylation is 1. The molecule has 0 radical (unpaired) electrons. The molecule has 250 valence electrons. The Balaban J connectivity index is 1.79. The number of carbonyl (C=O) groups excluding carboxylic acids is 3. The van der Waals surface area contributed by atoms with Gasteiger partial charge in [0.1, 0.15) is 17.0 Å². The van der Waals surface area contributed by atoms with Gasteiger partial charge in [0.2, 0.25) is 21.8 Å². The van der Waals surface area contributed by atoms with E-state index in [-0.39, 0.29) is 30.0 Å². The highest BCUT2D eigenvalue weighted by Gasteiger charge is 2.62. The molecule has 9 nitrogen and oxygen atoms in total. The average molecular weight is 705 g/mol. The van der Waals surface area contributed by atoms with Crippen LogP contribution in [0.2, 0.25) is 10.0 Å². The summed E-state index contributed by atoms with van der Waals surface area (Å²) in [5.41, 5.74) is -0.788. The first-order chi connectivity index (χ1) is 22.1. The van der Waals surface area contributed by atoms with E-state index in [4.69, 9.17) is 27.9 Å². The summed E-state index contributed by atoms with van der Waals surface area (Å²) in [5, 5.41) is 6.58. The standard InChI is InChI=1S/C34H36Cl2FN3O6S/c1-5-13-33(14-6-2,31(42)40-47(4,44)45)46-28-12-9-20(35)15-24(28)26-18-29(41)39-30(23-17-22(37)10-7-19(23)3)34(26)25-11-8-21(36)16-27(25)38-32(34)43/h7-12,15-17,26,30H,5-6,13-14,18H2,1-4H3,(H,38,43)(H,39,41)(H,40,42)/t26-,30+,34-/m0/s1. The number of amides is 3. The lowest BCUT2D eigenvalue weighted by Crippen LogP contribution is -2.57. The third kappa shape index (κ3) is 6.45. The predicted octanol–water partition coefficient (Wildman–Crippen LogP) is 6.47. The zero-order valence-corrected chi connectivity index (χ0v) is 28.7. The number of ether oxygens (including phenoxy) is 1. The van der Waals surface area contributed by atoms with E-state index >= 15 is 0 Å². The number of anilines is 1. The molecule has 1 saturated heterocycles. The second kappa shape index (κ2) is 13.1. The van der Waals surface area contributed by atoms with E-state index in [9.17, 15) is 27.2 Å². The number of hydrogen-bond donors (Lipinski definition) is 3. The monoisotopic (exact) mass is 703 g/mol. The van der Waals surface area contributed by atoms with E-state index in [1.165, 1.54) is 12.1 Å². The van der Waals surface area contributed by atoms with Gasteiger partial charge in [0.15, 0.2) is 5.60 Å². The van der Waals surface area contributed by atoms with E-state index in [0.717, 1.165) is 6.26 Å². The van der Waals surface area contributed by atoms with Gasteiger partial charge in [0, 0.05) is 33.6 Å². The van der Waals surface area contributed by atoms with Crippen LogP contribution in [0.5, 0.6) is 5.75 Å². The van der Waals surface area contributed by atoms with E-state index in [1.54, 1.807) is 49.4 Å². The number of halogens is 3. The van der Waals surface area contributed by atoms with Crippen LogP contribution in [0.4, 0.5) is 10.1 Å². The lowest BCUT2D eigenvalue weighted by atomic mass is 9.59. The number of piperidine rings is 1. The van der Waals surface area contributed by atoms with Crippen LogP contribution in [0.15, 0.2) is 54.6 Å². The Kier molecular flexibility index (Phi) is 9.65. The summed E-state index contributed by atoms with van der Waals surface area (Å²) in [5.74, 6) is -3.02. The molecule has 3 N–H and O–H groups in total. The van der Waals surface area contributed by atoms with Crippen molar-refractivity contribution in [1.82, 2.24) is 10.0 Å². The molecule has 2 aliphatic heterocycles. The van der Waals surface area contributed by atoms with Crippen LogP contribution in [0.25, 0.3) is 0 Å². The maximum Gasteiger partial charge on any atom is 0.277 e. The highest BCUT2D eigenvalue weighted by atomic mass is 35.5. The molecule has 5 rings (SSSR count). The third-order valence-corrected chi connectivity index (χ3v) is 9.98. The van der Waals surface area contributed by atoms with Crippen LogP contribution >= 0.6 is 23.2 Å². The van der Waals surface area contributed by atoms with E-state index < -0.39 is 56.5 Å². The molecule has 3 aromatic rings. The molecular weight excluding hydrogens is 668 g/mol. The van der Waals surface area contributed by atoms with Gasteiger partial charge in [-0.15, -0.1) is 0 Å². The SMILES string of the molecule is CCCC(CCC)(Oc1ccc(Cl)cc1[C@@H]1CC(=O)N[C@H](c2cc(F)ccc2C)[C@@]12C(=O)Nc1cc(Cl)ccc12)C(=O)NS(C)(=O)=O. The molecule has 2 aliphatic rings. The van der Waals surface area contributed by atoms with Crippen molar-refractivity contribution >= 4 is 56.6 Å². The number of sulfonamides is 1. The van der Waals surface area contributed by atoms with Crippen molar-refractivity contribution in [3.63, 3.8) is 0 Å². The third-order valence-electron chi connectivity index (χ3n) is 8.96. The Morgan fingerprint density at radius 2 is 1.68 bits per heavy atom. The Morgan fingerprint density at radius 1 is 1.02 bits per heavy atom. The lowest BCUT2D eigenvalue weighted by Gasteiger charge is -2.47. The van der Waals surface area contributed by atoms with Crippen LogP contribution in [-0.4, -0.2) is 38.0 Å². The van der Waals surface area contributed by atoms with Crippen molar-refractivity contribution in [3.8, 4) is 5.75 Å². The molecule has 2 heterocycles. The second-order valence-corrected chi connectivity index (χ2v) is 14.9. The molecule has 3 atom stereocenters. The average Bonchev–Trinajstić information content (AvgIpc) is 3.26. The summed E-state index contributed by atoms with van der Waals surface area (Å²) < 4.78 is 47.9. The maximum absolute atomic E-state index is 14.8. The van der Waals surface area contributed by atoms with Crippen molar-refractivity contribution in [2.24, 2.45) is 0 Å².